The summed E-state index contributed by atoms with van der Waals surface area (Å²) in [4.78, 5) is 24.4. The molecular formula is C19H26ClNO4. The van der Waals surface area contributed by atoms with Crippen LogP contribution in [0.3, 0.4) is 0 Å². The number of benzene rings is 1. The van der Waals surface area contributed by atoms with Gasteiger partial charge in [0.25, 0.3) is 5.91 Å². The van der Waals surface area contributed by atoms with E-state index in [0.717, 1.165) is 24.0 Å². The van der Waals surface area contributed by atoms with Crippen molar-refractivity contribution >= 4 is 23.5 Å². The number of esters is 1. The second-order valence-electron chi connectivity index (χ2n) is 6.91. The van der Waals surface area contributed by atoms with E-state index in [1.54, 1.807) is 0 Å². The predicted molar refractivity (Wildman–Crippen MR) is 97.1 cm³/mol. The summed E-state index contributed by atoms with van der Waals surface area (Å²) in [7, 11) is 1.34. The molecule has 1 N–H and O–H groups in total. The van der Waals surface area contributed by atoms with Gasteiger partial charge in [0.2, 0.25) is 0 Å². The molecule has 1 aliphatic rings. The maximum absolute atomic E-state index is 12.4. The lowest BCUT2D eigenvalue weighted by Crippen LogP contribution is -2.54. The maximum Gasteiger partial charge on any atom is 0.331 e. The Bertz CT molecular complexity index is 651. The van der Waals surface area contributed by atoms with Gasteiger partial charge in [0, 0.05) is 5.02 Å². The molecule has 1 aromatic carbocycles. The molecule has 0 heterocycles. The fraction of sp³-hybridized carbons (Fsp3) is 0.579. The topological polar surface area (TPSA) is 64.6 Å². The molecule has 2 rings (SSSR count). The van der Waals surface area contributed by atoms with E-state index in [0.29, 0.717) is 23.6 Å². The molecule has 0 saturated heterocycles. The second-order valence-corrected chi connectivity index (χ2v) is 7.32. The van der Waals surface area contributed by atoms with Crippen molar-refractivity contribution in [1.82, 2.24) is 5.32 Å². The van der Waals surface area contributed by atoms with Crippen LogP contribution in [-0.4, -0.2) is 31.1 Å². The molecule has 0 unspecified atom stereocenters. The van der Waals surface area contributed by atoms with E-state index < -0.39 is 5.54 Å². The third-order valence-electron chi connectivity index (χ3n) is 4.68. The van der Waals surface area contributed by atoms with E-state index in [1.165, 1.54) is 7.11 Å². The lowest BCUT2D eigenvalue weighted by Gasteiger charge is -2.27. The number of methoxy groups -OCH3 is 1. The summed E-state index contributed by atoms with van der Waals surface area (Å²) in [6.07, 6.45) is 2.99. The molecule has 0 atom stereocenters. The van der Waals surface area contributed by atoms with Crippen LogP contribution in [0.5, 0.6) is 5.75 Å². The van der Waals surface area contributed by atoms with Gasteiger partial charge in [0.15, 0.2) is 6.61 Å². The molecular weight excluding hydrogens is 342 g/mol. The van der Waals surface area contributed by atoms with Crippen molar-refractivity contribution < 1.29 is 19.1 Å². The molecule has 25 heavy (non-hydrogen) atoms. The summed E-state index contributed by atoms with van der Waals surface area (Å²) in [5.74, 6) is 0.149. The van der Waals surface area contributed by atoms with Gasteiger partial charge >= 0.3 is 5.97 Å². The largest absolute Gasteiger partial charge is 0.483 e. The second kappa shape index (κ2) is 8.09. The smallest absolute Gasteiger partial charge is 0.331 e. The van der Waals surface area contributed by atoms with Gasteiger partial charge in [0.1, 0.15) is 11.3 Å². The quantitative estimate of drug-likeness (QED) is 0.777. The summed E-state index contributed by atoms with van der Waals surface area (Å²) >= 11 is 6.19. The molecule has 0 bridgehead atoms. The average molecular weight is 368 g/mol. The Labute approximate surface area is 154 Å². The van der Waals surface area contributed by atoms with Crippen molar-refractivity contribution in [2.75, 3.05) is 13.7 Å². The number of nitrogens with one attached hydrogen (secondary N) is 1. The first-order valence-electron chi connectivity index (χ1n) is 8.61. The lowest BCUT2D eigenvalue weighted by atomic mass is 9.98. The third kappa shape index (κ3) is 4.46. The van der Waals surface area contributed by atoms with Gasteiger partial charge in [-0.25, -0.2) is 4.79 Å². The molecule has 6 heteroatoms. The van der Waals surface area contributed by atoms with Crippen LogP contribution in [-0.2, 0) is 14.3 Å². The number of aryl methyl sites for hydroxylation is 1. The van der Waals surface area contributed by atoms with Gasteiger partial charge in [-0.15, -0.1) is 0 Å². The van der Waals surface area contributed by atoms with Crippen LogP contribution in [0, 0.1) is 6.92 Å². The van der Waals surface area contributed by atoms with E-state index in [9.17, 15) is 9.59 Å². The molecule has 1 aliphatic carbocycles. The zero-order valence-electron chi connectivity index (χ0n) is 15.3. The average Bonchev–Trinajstić information content (AvgIpc) is 3.04. The summed E-state index contributed by atoms with van der Waals surface area (Å²) in [6, 6.07) is 3.72. The highest BCUT2D eigenvalue weighted by Gasteiger charge is 2.43. The summed E-state index contributed by atoms with van der Waals surface area (Å²) in [6.45, 7) is 5.82. The van der Waals surface area contributed by atoms with Crippen LogP contribution in [0.2, 0.25) is 5.02 Å². The minimum absolute atomic E-state index is 0.153. The van der Waals surface area contributed by atoms with Gasteiger partial charge in [-0.05, 0) is 48.9 Å². The number of carbonyl (C=O) groups is 2. The number of amides is 1. The maximum atomic E-state index is 12.4. The Balaban J connectivity index is 2.07. The van der Waals surface area contributed by atoms with Gasteiger partial charge in [0.05, 0.1) is 7.11 Å². The van der Waals surface area contributed by atoms with Gasteiger partial charge in [-0.3, -0.25) is 4.79 Å². The molecule has 0 spiro atoms. The number of carbonyl (C=O) groups excluding carboxylic acids is 2. The van der Waals surface area contributed by atoms with Crippen LogP contribution in [0.4, 0.5) is 0 Å². The Morgan fingerprint density at radius 1 is 1.28 bits per heavy atom. The van der Waals surface area contributed by atoms with Crippen molar-refractivity contribution in [3.05, 3.63) is 28.3 Å². The highest BCUT2D eigenvalue weighted by Crippen LogP contribution is 2.33. The zero-order chi connectivity index (χ0) is 18.6. The summed E-state index contributed by atoms with van der Waals surface area (Å²) in [5, 5.41) is 3.50. The Morgan fingerprint density at radius 3 is 2.48 bits per heavy atom. The van der Waals surface area contributed by atoms with Crippen LogP contribution >= 0.6 is 11.6 Å². The predicted octanol–water partition coefficient (Wildman–Crippen LogP) is 3.75. The molecule has 1 amide bonds. The van der Waals surface area contributed by atoms with E-state index in [-0.39, 0.29) is 24.4 Å². The fourth-order valence-corrected chi connectivity index (χ4v) is 3.42. The number of ether oxygens (including phenoxy) is 2. The Morgan fingerprint density at radius 2 is 1.92 bits per heavy atom. The lowest BCUT2D eigenvalue weighted by molar-refractivity contribution is -0.151. The Kier molecular flexibility index (Phi) is 6.33. The van der Waals surface area contributed by atoms with Crippen LogP contribution in [0.15, 0.2) is 12.1 Å². The summed E-state index contributed by atoms with van der Waals surface area (Å²) < 4.78 is 10.6. The first-order valence-corrected chi connectivity index (χ1v) is 8.99. The molecule has 1 aromatic rings. The van der Waals surface area contributed by atoms with Gasteiger partial charge in [-0.1, -0.05) is 38.3 Å². The first-order chi connectivity index (χ1) is 11.8. The normalized spacial score (nSPS) is 15.9. The first kappa shape index (κ1) is 19.6. The third-order valence-corrected chi connectivity index (χ3v) is 5.09. The molecule has 1 saturated carbocycles. The minimum atomic E-state index is -0.911. The van der Waals surface area contributed by atoms with Crippen molar-refractivity contribution in [3.8, 4) is 5.75 Å². The van der Waals surface area contributed by atoms with Gasteiger partial charge < -0.3 is 14.8 Å². The van der Waals surface area contributed by atoms with E-state index in [2.05, 4.69) is 5.32 Å². The SMILES string of the molecule is COC(=O)C1(NC(=O)COc2cc(C)c(Cl)cc2C(C)C)CCCC1. The molecule has 0 aliphatic heterocycles. The number of rotatable bonds is 6. The van der Waals surface area contributed by atoms with Crippen LogP contribution in [0.25, 0.3) is 0 Å². The van der Waals surface area contributed by atoms with Crippen LogP contribution in [0.1, 0.15) is 56.6 Å². The van der Waals surface area contributed by atoms with Crippen molar-refractivity contribution in [1.29, 1.82) is 0 Å². The van der Waals surface area contributed by atoms with E-state index in [4.69, 9.17) is 21.1 Å². The number of hydrogen-bond donors (Lipinski definition) is 1. The zero-order valence-corrected chi connectivity index (χ0v) is 16.0. The number of halogens is 1. The highest BCUT2D eigenvalue weighted by atomic mass is 35.5. The molecule has 1 fully saturated rings. The van der Waals surface area contributed by atoms with Gasteiger partial charge in [-0.2, -0.15) is 0 Å². The van der Waals surface area contributed by atoms with Crippen molar-refractivity contribution in [2.24, 2.45) is 0 Å². The fourth-order valence-electron chi connectivity index (χ4n) is 3.25. The summed E-state index contributed by atoms with van der Waals surface area (Å²) in [5.41, 5.74) is 0.932. The standard InChI is InChI=1S/C19H26ClNO4/c1-12(2)14-10-15(20)13(3)9-16(14)25-11-17(22)21-19(18(23)24-4)7-5-6-8-19/h9-10,12H,5-8,11H2,1-4H3,(H,21,22). The molecule has 138 valence electrons. The molecule has 0 radical (unpaired) electrons. The van der Waals surface area contributed by atoms with E-state index >= 15 is 0 Å². The monoisotopic (exact) mass is 367 g/mol. The Hall–Kier alpha value is -1.75. The van der Waals surface area contributed by atoms with E-state index in [1.807, 2.05) is 32.9 Å². The number of hydrogen-bond acceptors (Lipinski definition) is 4. The molecule has 5 nitrogen and oxygen atoms in total. The highest BCUT2D eigenvalue weighted by molar-refractivity contribution is 6.31. The molecule has 0 aromatic heterocycles. The minimum Gasteiger partial charge on any atom is -0.483 e. The van der Waals surface area contributed by atoms with Crippen molar-refractivity contribution in [2.45, 2.75) is 57.9 Å². The van der Waals surface area contributed by atoms with Crippen LogP contribution < -0.4 is 10.1 Å². The van der Waals surface area contributed by atoms with Crippen molar-refractivity contribution in [3.63, 3.8) is 0 Å².